The number of ether oxygens (including phenoxy) is 2. The number of methoxy groups -OCH3 is 1. The van der Waals surface area contributed by atoms with Crippen LogP contribution in [-0.4, -0.2) is 34.7 Å². The van der Waals surface area contributed by atoms with Gasteiger partial charge in [-0.1, -0.05) is 43.1 Å². The summed E-state index contributed by atoms with van der Waals surface area (Å²) < 4.78 is 13.9. The van der Waals surface area contributed by atoms with Crippen LogP contribution in [0.4, 0.5) is 0 Å². The Morgan fingerprint density at radius 3 is 2.38 bits per heavy atom. The number of likely N-dealkylation sites (tertiary alicyclic amines) is 1. The van der Waals surface area contributed by atoms with Gasteiger partial charge in [-0.2, -0.15) is 4.98 Å². The zero-order valence-electron chi connectivity index (χ0n) is 19.3. The minimum absolute atomic E-state index is 0.442. The molecule has 1 aliphatic rings. The van der Waals surface area contributed by atoms with E-state index in [1.807, 2.05) is 29.8 Å². The van der Waals surface area contributed by atoms with Gasteiger partial charge in [0.15, 0.2) is 0 Å². The van der Waals surface area contributed by atoms with E-state index in [4.69, 9.17) is 37.7 Å². The zero-order valence-corrected chi connectivity index (χ0v) is 20.8. The summed E-state index contributed by atoms with van der Waals surface area (Å²) in [5.41, 5.74) is 4.00. The average Bonchev–Trinajstić information content (AvgIpc) is 3.42. The lowest BCUT2D eigenvalue weighted by Crippen LogP contribution is -2.19. The number of halogens is 2. The van der Waals surface area contributed by atoms with Crippen LogP contribution in [0.15, 0.2) is 24.3 Å². The fourth-order valence-electron chi connectivity index (χ4n) is 4.68. The van der Waals surface area contributed by atoms with Gasteiger partial charge in [0.2, 0.25) is 0 Å². The molecule has 5 nitrogen and oxygen atoms in total. The minimum Gasteiger partial charge on any atom is -0.494 e. The van der Waals surface area contributed by atoms with E-state index in [1.54, 1.807) is 7.11 Å². The van der Waals surface area contributed by atoms with Gasteiger partial charge >= 0.3 is 6.01 Å². The number of hydrogen-bond acceptors (Lipinski definition) is 4. The standard InChI is InChI=1S/C25H31Cl2N3O2/c1-5-16(6-2)17-9-11-21(31-4)23-24(17)29(3)25(28-23)32-20-12-10-19(26)18(22(20)27)15-30-13-7-8-14-30/h9-12,16H,5-8,13-15H2,1-4H3. The molecule has 1 fully saturated rings. The van der Waals surface area contributed by atoms with E-state index in [-0.39, 0.29) is 0 Å². The van der Waals surface area contributed by atoms with E-state index in [0.29, 0.717) is 27.7 Å². The predicted molar refractivity (Wildman–Crippen MR) is 132 cm³/mol. The third-order valence-electron chi connectivity index (χ3n) is 6.55. The summed E-state index contributed by atoms with van der Waals surface area (Å²) in [5.74, 6) is 1.74. The first kappa shape index (κ1) is 23.2. The first-order valence-electron chi connectivity index (χ1n) is 11.4. The first-order valence-corrected chi connectivity index (χ1v) is 12.1. The van der Waals surface area contributed by atoms with E-state index in [9.17, 15) is 0 Å². The Balaban J connectivity index is 1.75. The Kier molecular flexibility index (Phi) is 7.18. The summed E-state index contributed by atoms with van der Waals surface area (Å²) in [4.78, 5) is 7.17. The molecule has 1 aromatic heterocycles. The molecule has 0 radical (unpaired) electrons. The molecule has 2 heterocycles. The maximum absolute atomic E-state index is 6.78. The molecule has 0 aliphatic carbocycles. The van der Waals surface area contributed by atoms with Gasteiger partial charge in [-0.15, -0.1) is 0 Å². The van der Waals surface area contributed by atoms with Crippen LogP contribution in [0.1, 0.15) is 56.6 Å². The smallest absolute Gasteiger partial charge is 0.302 e. The van der Waals surface area contributed by atoms with E-state index >= 15 is 0 Å². The second-order valence-corrected chi connectivity index (χ2v) is 9.23. The predicted octanol–water partition coefficient (Wildman–Crippen LogP) is 7.18. The van der Waals surface area contributed by atoms with Crippen molar-refractivity contribution < 1.29 is 9.47 Å². The largest absolute Gasteiger partial charge is 0.494 e. The van der Waals surface area contributed by atoms with Crippen LogP contribution in [-0.2, 0) is 13.6 Å². The SMILES string of the molecule is CCC(CC)c1ccc(OC)c2nc(Oc3ccc(Cl)c(CN4CCCC4)c3Cl)n(C)c12. The molecule has 1 aliphatic heterocycles. The van der Waals surface area contributed by atoms with Crippen LogP contribution in [0.25, 0.3) is 11.0 Å². The van der Waals surface area contributed by atoms with Crippen molar-refractivity contribution in [3.05, 3.63) is 45.4 Å². The van der Waals surface area contributed by atoms with Crippen LogP contribution in [0, 0.1) is 0 Å². The van der Waals surface area contributed by atoms with Crippen molar-refractivity contribution in [3.63, 3.8) is 0 Å². The van der Waals surface area contributed by atoms with E-state index in [0.717, 1.165) is 54.8 Å². The van der Waals surface area contributed by atoms with Crippen LogP contribution in [0.5, 0.6) is 17.5 Å². The normalized spacial score (nSPS) is 14.6. The maximum atomic E-state index is 6.78. The second kappa shape index (κ2) is 9.90. The highest BCUT2D eigenvalue weighted by Gasteiger charge is 2.23. The molecule has 7 heteroatoms. The molecule has 0 amide bonds. The number of aryl methyl sites for hydroxylation is 1. The van der Waals surface area contributed by atoms with Gasteiger partial charge < -0.3 is 9.47 Å². The Morgan fingerprint density at radius 1 is 1.03 bits per heavy atom. The monoisotopic (exact) mass is 475 g/mol. The van der Waals surface area contributed by atoms with Gasteiger partial charge in [0, 0.05) is 24.2 Å². The Labute approximate surface area is 200 Å². The van der Waals surface area contributed by atoms with Crippen LogP contribution in [0.2, 0.25) is 10.0 Å². The van der Waals surface area contributed by atoms with Gasteiger partial charge in [0.05, 0.1) is 17.6 Å². The zero-order chi connectivity index (χ0) is 22.8. The molecule has 1 saturated heterocycles. The molecule has 0 unspecified atom stereocenters. The van der Waals surface area contributed by atoms with Gasteiger partial charge in [-0.05, 0) is 68.5 Å². The molecule has 0 N–H and O–H groups in total. The summed E-state index contributed by atoms with van der Waals surface area (Å²) in [6, 6.07) is 8.29. The molecule has 0 atom stereocenters. The number of hydrogen-bond donors (Lipinski definition) is 0. The summed E-state index contributed by atoms with van der Waals surface area (Å²) >= 11 is 13.3. The van der Waals surface area contributed by atoms with E-state index in [1.165, 1.54) is 18.4 Å². The molecular weight excluding hydrogens is 445 g/mol. The third kappa shape index (κ3) is 4.30. The van der Waals surface area contributed by atoms with Gasteiger partial charge in [0.25, 0.3) is 0 Å². The lowest BCUT2D eigenvalue weighted by Gasteiger charge is -2.18. The number of fused-ring (bicyclic) bond motifs is 1. The Bertz CT molecular complexity index is 1100. The number of imidazole rings is 1. The summed E-state index contributed by atoms with van der Waals surface area (Å²) in [5, 5.41) is 1.21. The summed E-state index contributed by atoms with van der Waals surface area (Å²) in [7, 11) is 3.65. The highest BCUT2D eigenvalue weighted by atomic mass is 35.5. The number of nitrogens with zero attached hydrogens (tertiary/aromatic N) is 3. The number of rotatable bonds is 8. The molecule has 0 spiro atoms. The van der Waals surface area contributed by atoms with E-state index < -0.39 is 0 Å². The summed E-state index contributed by atoms with van der Waals surface area (Å²) in [6.45, 7) is 7.30. The highest BCUT2D eigenvalue weighted by molar-refractivity contribution is 6.37. The molecule has 2 aromatic carbocycles. The van der Waals surface area contributed by atoms with Crippen molar-refractivity contribution >= 4 is 34.2 Å². The molecule has 172 valence electrons. The van der Waals surface area contributed by atoms with Crippen molar-refractivity contribution in [3.8, 4) is 17.5 Å². The Morgan fingerprint density at radius 2 is 1.72 bits per heavy atom. The van der Waals surface area contributed by atoms with Crippen LogP contribution < -0.4 is 9.47 Å². The number of aromatic nitrogens is 2. The molecule has 0 bridgehead atoms. The Hall–Kier alpha value is -1.95. The fourth-order valence-corrected chi connectivity index (χ4v) is 5.21. The van der Waals surface area contributed by atoms with Crippen molar-refractivity contribution in [1.29, 1.82) is 0 Å². The lowest BCUT2D eigenvalue weighted by atomic mass is 9.92. The number of benzene rings is 2. The quantitative estimate of drug-likeness (QED) is 0.345. The van der Waals surface area contributed by atoms with Gasteiger partial charge in [-0.25, -0.2) is 0 Å². The lowest BCUT2D eigenvalue weighted by molar-refractivity contribution is 0.330. The molecule has 3 aromatic rings. The maximum Gasteiger partial charge on any atom is 0.302 e. The average molecular weight is 476 g/mol. The molecule has 4 rings (SSSR count). The summed E-state index contributed by atoms with van der Waals surface area (Å²) in [6.07, 6.45) is 4.54. The molecule has 32 heavy (non-hydrogen) atoms. The van der Waals surface area contributed by atoms with Crippen LogP contribution in [0.3, 0.4) is 0 Å². The minimum atomic E-state index is 0.442. The van der Waals surface area contributed by atoms with Crippen molar-refractivity contribution in [2.24, 2.45) is 7.05 Å². The molecular formula is C25H31Cl2N3O2. The highest BCUT2D eigenvalue weighted by Crippen LogP contribution is 2.40. The van der Waals surface area contributed by atoms with Gasteiger partial charge in [0.1, 0.15) is 17.0 Å². The van der Waals surface area contributed by atoms with Gasteiger partial charge in [-0.3, -0.25) is 9.47 Å². The van der Waals surface area contributed by atoms with Crippen molar-refractivity contribution in [2.45, 2.75) is 52.0 Å². The molecule has 0 saturated carbocycles. The van der Waals surface area contributed by atoms with E-state index in [2.05, 4.69) is 24.8 Å². The first-order chi connectivity index (χ1) is 15.5. The second-order valence-electron chi connectivity index (χ2n) is 8.44. The van der Waals surface area contributed by atoms with Crippen LogP contribution >= 0.6 is 23.2 Å². The fraction of sp³-hybridized carbons (Fsp3) is 0.480. The topological polar surface area (TPSA) is 39.5 Å². The third-order valence-corrected chi connectivity index (χ3v) is 7.32. The van der Waals surface area contributed by atoms with Crippen molar-refractivity contribution in [2.75, 3.05) is 20.2 Å². The van der Waals surface area contributed by atoms with Crippen molar-refractivity contribution in [1.82, 2.24) is 14.5 Å².